The van der Waals surface area contributed by atoms with Gasteiger partial charge in [0, 0.05) is 24.3 Å². The molecule has 5 heteroatoms. The Bertz CT molecular complexity index is 438. The summed E-state index contributed by atoms with van der Waals surface area (Å²) in [6.45, 7) is 0. The van der Waals surface area contributed by atoms with Gasteiger partial charge in [-0.3, -0.25) is 4.79 Å². The molecule has 0 aliphatic heterocycles. The van der Waals surface area contributed by atoms with E-state index in [2.05, 4.69) is 0 Å². The zero-order chi connectivity index (χ0) is 12.6. The maximum Gasteiger partial charge on any atom is 0.417 e. The van der Waals surface area contributed by atoms with Crippen LogP contribution in [-0.4, -0.2) is 19.4 Å². The van der Waals surface area contributed by atoms with Crippen LogP contribution in [0.1, 0.15) is 28.8 Å². The quantitative estimate of drug-likeness (QED) is 0.760. The first kappa shape index (κ1) is 12.0. The minimum absolute atomic E-state index is 0.240. The first-order valence-electron chi connectivity index (χ1n) is 5.32. The van der Waals surface area contributed by atoms with E-state index in [0.29, 0.717) is 11.7 Å². The number of hydrogen-bond acceptors (Lipinski definition) is 2. The second-order valence-electron chi connectivity index (χ2n) is 4.23. The monoisotopic (exact) mass is 243 g/mol. The standard InChI is InChI=1S/C12H12F3NO/c1-16(9-4-5-9)10-3-2-8(7-17)11(6-10)12(13,14)15/h2-3,6-7,9H,4-5H2,1H3. The van der Waals surface area contributed by atoms with Gasteiger partial charge in [0.2, 0.25) is 0 Å². The van der Waals surface area contributed by atoms with Crippen LogP contribution in [0.4, 0.5) is 18.9 Å². The smallest absolute Gasteiger partial charge is 0.372 e. The molecule has 2 rings (SSSR count). The Kier molecular flexibility index (Phi) is 2.85. The second-order valence-corrected chi connectivity index (χ2v) is 4.23. The number of carbonyl (C=O) groups is 1. The minimum atomic E-state index is -4.49. The Labute approximate surface area is 97.0 Å². The van der Waals surface area contributed by atoms with Crippen LogP contribution in [-0.2, 0) is 6.18 Å². The van der Waals surface area contributed by atoms with Crippen molar-refractivity contribution < 1.29 is 18.0 Å². The van der Waals surface area contributed by atoms with Crippen molar-refractivity contribution in [1.29, 1.82) is 0 Å². The van der Waals surface area contributed by atoms with E-state index in [-0.39, 0.29) is 11.8 Å². The van der Waals surface area contributed by atoms with Crippen LogP contribution in [0.3, 0.4) is 0 Å². The molecule has 0 unspecified atom stereocenters. The number of rotatable bonds is 3. The zero-order valence-corrected chi connectivity index (χ0v) is 9.29. The predicted molar refractivity (Wildman–Crippen MR) is 58.3 cm³/mol. The van der Waals surface area contributed by atoms with Crippen molar-refractivity contribution in [3.63, 3.8) is 0 Å². The van der Waals surface area contributed by atoms with Crippen molar-refractivity contribution in [3.05, 3.63) is 29.3 Å². The van der Waals surface area contributed by atoms with Gasteiger partial charge in [0.15, 0.2) is 6.29 Å². The highest BCUT2D eigenvalue weighted by Gasteiger charge is 2.35. The van der Waals surface area contributed by atoms with E-state index in [9.17, 15) is 18.0 Å². The lowest BCUT2D eigenvalue weighted by Gasteiger charge is -2.20. The van der Waals surface area contributed by atoms with Gasteiger partial charge >= 0.3 is 6.18 Å². The third-order valence-corrected chi connectivity index (χ3v) is 2.97. The number of halogens is 3. The summed E-state index contributed by atoms with van der Waals surface area (Å²) < 4.78 is 38.2. The number of benzene rings is 1. The third kappa shape index (κ3) is 2.43. The molecule has 0 amide bonds. The summed E-state index contributed by atoms with van der Waals surface area (Å²) in [6, 6.07) is 4.15. The molecule has 0 saturated heterocycles. The summed E-state index contributed by atoms with van der Waals surface area (Å²) in [4.78, 5) is 12.4. The molecule has 1 aromatic carbocycles. The molecule has 1 fully saturated rings. The highest BCUT2D eigenvalue weighted by molar-refractivity contribution is 5.79. The molecule has 0 bridgehead atoms. The fourth-order valence-corrected chi connectivity index (χ4v) is 1.78. The number of alkyl halides is 3. The maximum atomic E-state index is 12.7. The van der Waals surface area contributed by atoms with Crippen LogP contribution in [0, 0.1) is 0 Å². The predicted octanol–water partition coefficient (Wildman–Crippen LogP) is 3.12. The molecule has 0 heterocycles. The SMILES string of the molecule is CN(c1ccc(C=O)c(C(F)(F)F)c1)C1CC1. The highest BCUT2D eigenvalue weighted by atomic mass is 19.4. The first-order valence-corrected chi connectivity index (χ1v) is 5.32. The number of nitrogens with zero attached hydrogens (tertiary/aromatic N) is 1. The van der Waals surface area contributed by atoms with Crippen molar-refractivity contribution in [1.82, 2.24) is 0 Å². The van der Waals surface area contributed by atoms with Gasteiger partial charge in [0.25, 0.3) is 0 Å². The molecule has 92 valence electrons. The fraction of sp³-hybridized carbons (Fsp3) is 0.417. The Morgan fingerprint density at radius 3 is 2.47 bits per heavy atom. The van der Waals surface area contributed by atoms with E-state index in [0.717, 1.165) is 18.9 Å². The molecule has 1 saturated carbocycles. The number of anilines is 1. The van der Waals surface area contributed by atoms with E-state index in [4.69, 9.17) is 0 Å². The summed E-state index contributed by atoms with van der Waals surface area (Å²) in [5.41, 5.74) is -0.673. The summed E-state index contributed by atoms with van der Waals surface area (Å²) >= 11 is 0. The molecule has 1 aliphatic rings. The van der Waals surface area contributed by atoms with Gasteiger partial charge in [-0.15, -0.1) is 0 Å². The Balaban J connectivity index is 2.40. The van der Waals surface area contributed by atoms with Gasteiger partial charge < -0.3 is 4.90 Å². The first-order chi connectivity index (χ1) is 7.93. The van der Waals surface area contributed by atoms with Gasteiger partial charge in [-0.05, 0) is 31.0 Å². The van der Waals surface area contributed by atoms with Crippen LogP contribution in [0.15, 0.2) is 18.2 Å². The molecule has 0 aromatic heterocycles. The van der Waals surface area contributed by atoms with E-state index < -0.39 is 11.7 Å². The third-order valence-electron chi connectivity index (χ3n) is 2.97. The average molecular weight is 243 g/mol. The molecule has 0 spiro atoms. The van der Waals surface area contributed by atoms with Crippen LogP contribution >= 0.6 is 0 Å². The van der Waals surface area contributed by atoms with Gasteiger partial charge in [0.1, 0.15) is 0 Å². The van der Waals surface area contributed by atoms with Gasteiger partial charge in [-0.25, -0.2) is 0 Å². The van der Waals surface area contributed by atoms with Crippen molar-refractivity contribution in [2.45, 2.75) is 25.1 Å². The summed E-state index contributed by atoms with van der Waals surface area (Å²) in [5.74, 6) is 0. The minimum Gasteiger partial charge on any atom is -0.372 e. The van der Waals surface area contributed by atoms with Crippen molar-refractivity contribution in [3.8, 4) is 0 Å². The topological polar surface area (TPSA) is 20.3 Å². The van der Waals surface area contributed by atoms with Gasteiger partial charge in [0.05, 0.1) is 5.56 Å². The van der Waals surface area contributed by atoms with Crippen molar-refractivity contribution in [2.75, 3.05) is 11.9 Å². The Morgan fingerprint density at radius 2 is 2.00 bits per heavy atom. The van der Waals surface area contributed by atoms with Crippen molar-refractivity contribution >= 4 is 12.0 Å². The zero-order valence-electron chi connectivity index (χ0n) is 9.29. The summed E-state index contributed by atoms with van der Waals surface area (Å²) in [5, 5.41) is 0. The van der Waals surface area contributed by atoms with E-state index in [1.165, 1.54) is 6.07 Å². The summed E-state index contributed by atoms with van der Waals surface area (Å²) in [7, 11) is 1.77. The summed E-state index contributed by atoms with van der Waals surface area (Å²) in [6.07, 6.45) is -2.24. The number of carbonyl (C=O) groups excluding carboxylic acids is 1. The maximum absolute atomic E-state index is 12.7. The molecule has 1 aromatic rings. The number of aldehydes is 1. The molecule has 17 heavy (non-hydrogen) atoms. The molecular weight excluding hydrogens is 231 g/mol. The number of hydrogen-bond donors (Lipinski definition) is 0. The van der Waals surface area contributed by atoms with Gasteiger partial charge in [-0.2, -0.15) is 13.2 Å². The molecule has 0 radical (unpaired) electrons. The van der Waals surface area contributed by atoms with Crippen LogP contribution in [0.5, 0.6) is 0 Å². The Morgan fingerprint density at radius 1 is 1.35 bits per heavy atom. The lowest BCUT2D eigenvalue weighted by Crippen LogP contribution is -2.20. The van der Waals surface area contributed by atoms with Crippen LogP contribution < -0.4 is 4.90 Å². The molecule has 0 N–H and O–H groups in total. The van der Waals surface area contributed by atoms with E-state index in [1.807, 2.05) is 4.90 Å². The fourth-order valence-electron chi connectivity index (χ4n) is 1.78. The van der Waals surface area contributed by atoms with Gasteiger partial charge in [-0.1, -0.05) is 0 Å². The molecular formula is C12H12F3NO. The second kappa shape index (κ2) is 4.05. The average Bonchev–Trinajstić information content (AvgIpc) is 3.10. The lowest BCUT2D eigenvalue weighted by molar-refractivity contribution is -0.137. The van der Waals surface area contributed by atoms with E-state index >= 15 is 0 Å². The van der Waals surface area contributed by atoms with Crippen molar-refractivity contribution in [2.24, 2.45) is 0 Å². The Hall–Kier alpha value is -1.52. The highest BCUT2D eigenvalue weighted by Crippen LogP contribution is 2.36. The normalized spacial score (nSPS) is 15.8. The molecule has 1 aliphatic carbocycles. The van der Waals surface area contributed by atoms with Crippen LogP contribution in [0.25, 0.3) is 0 Å². The lowest BCUT2D eigenvalue weighted by atomic mass is 10.1. The van der Waals surface area contributed by atoms with E-state index in [1.54, 1.807) is 13.1 Å². The molecule has 2 nitrogen and oxygen atoms in total. The largest absolute Gasteiger partial charge is 0.417 e. The molecule has 0 atom stereocenters. The van der Waals surface area contributed by atoms with Crippen LogP contribution in [0.2, 0.25) is 0 Å².